The van der Waals surface area contributed by atoms with Crippen molar-refractivity contribution in [1.82, 2.24) is 0 Å². The summed E-state index contributed by atoms with van der Waals surface area (Å²) in [6.07, 6.45) is 5.65. The molecule has 0 saturated carbocycles. The van der Waals surface area contributed by atoms with E-state index in [4.69, 9.17) is 0 Å². The SMILES string of the molecule is C1=C[Te]C=CC1. The second-order valence-corrected chi connectivity index (χ2v) is 3.45. The predicted molar refractivity (Wildman–Crippen MR) is 28.7 cm³/mol. The van der Waals surface area contributed by atoms with Crippen molar-refractivity contribution in [2.45, 2.75) is 6.42 Å². The quantitative estimate of drug-likeness (QED) is 0.506. The molecule has 0 spiro atoms. The van der Waals surface area contributed by atoms with Crippen LogP contribution in [-0.4, -0.2) is 20.9 Å². The Bertz CT molecular complexity index is 61.9. The third-order valence-electron chi connectivity index (χ3n) is 0.622. The van der Waals surface area contributed by atoms with E-state index in [2.05, 4.69) is 20.4 Å². The Morgan fingerprint density at radius 1 is 1.17 bits per heavy atom. The van der Waals surface area contributed by atoms with Crippen LogP contribution in [0.3, 0.4) is 0 Å². The molecule has 1 heteroatoms. The van der Waals surface area contributed by atoms with Crippen LogP contribution < -0.4 is 0 Å². The fourth-order valence-corrected chi connectivity index (χ4v) is 1.87. The average Bonchev–Trinajstić information content (AvgIpc) is 1.72. The zero-order valence-electron chi connectivity index (χ0n) is 3.42. The molecular formula is C5H6Te. The van der Waals surface area contributed by atoms with Gasteiger partial charge in [0, 0.05) is 0 Å². The third kappa shape index (κ3) is 1.16. The van der Waals surface area contributed by atoms with Gasteiger partial charge in [0.1, 0.15) is 0 Å². The Morgan fingerprint density at radius 3 is 2.00 bits per heavy atom. The van der Waals surface area contributed by atoms with Crippen molar-refractivity contribution >= 4 is 20.9 Å². The Hall–Kier alpha value is 0.270. The summed E-state index contributed by atoms with van der Waals surface area (Å²) in [4.78, 5) is 0. The van der Waals surface area contributed by atoms with Crippen LogP contribution in [-0.2, 0) is 0 Å². The Balaban J connectivity index is 2.40. The molecule has 0 aromatic carbocycles. The van der Waals surface area contributed by atoms with Gasteiger partial charge in [-0.3, -0.25) is 0 Å². The molecule has 0 atom stereocenters. The number of rotatable bonds is 0. The van der Waals surface area contributed by atoms with Crippen molar-refractivity contribution in [1.29, 1.82) is 0 Å². The Kier molecular flexibility index (Phi) is 1.80. The van der Waals surface area contributed by atoms with Gasteiger partial charge in [-0.15, -0.1) is 0 Å². The molecule has 32 valence electrons. The third-order valence-corrected chi connectivity index (χ3v) is 2.62. The van der Waals surface area contributed by atoms with Crippen LogP contribution in [0.25, 0.3) is 0 Å². The Morgan fingerprint density at radius 2 is 1.83 bits per heavy atom. The summed E-state index contributed by atoms with van der Waals surface area (Å²) in [7, 11) is 0. The molecule has 1 aliphatic heterocycles. The molecule has 0 bridgehead atoms. The van der Waals surface area contributed by atoms with E-state index in [1.54, 1.807) is 0 Å². The summed E-state index contributed by atoms with van der Waals surface area (Å²) >= 11 is 0.211. The van der Waals surface area contributed by atoms with Gasteiger partial charge in [-0.1, -0.05) is 0 Å². The molecule has 0 fully saturated rings. The first-order valence-electron chi connectivity index (χ1n) is 1.95. The molecule has 0 radical (unpaired) electrons. The first-order chi connectivity index (χ1) is 3.00. The summed E-state index contributed by atoms with van der Waals surface area (Å²) in [6.45, 7) is 0. The van der Waals surface area contributed by atoms with E-state index < -0.39 is 0 Å². The van der Waals surface area contributed by atoms with E-state index in [9.17, 15) is 0 Å². The second-order valence-electron chi connectivity index (χ2n) is 1.12. The van der Waals surface area contributed by atoms with Crippen molar-refractivity contribution in [2.75, 3.05) is 0 Å². The molecular weight excluding hydrogens is 188 g/mol. The normalized spacial score (nSPS) is 18.7. The molecule has 1 aliphatic rings. The first-order valence-corrected chi connectivity index (χ1v) is 4.65. The maximum atomic E-state index is 2.31. The van der Waals surface area contributed by atoms with Crippen molar-refractivity contribution in [3.63, 3.8) is 0 Å². The molecule has 0 aromatic heterocycles. The van der Waals surface area contributed by atoms with Crippen molar-refractivity contribution in [3.8, 4) is 0 Å². The molecule has 0 N–H and O–H groups in total. The second kappa shape index (κ2) is 2.44. The summed E-state index contributed by atoms with van der Waals surface area (Å²) in [5.41, 5.74) is 0. The monoisotopic (exact) mass is 196 g/mol. The topological polar surface area (TPSA) is 0 Å². The minimum absolute atomic E-state index is 0.211. The van der Waals surface area contributed by atoms with E-state index in [-0.39, 0.29) is 20.9 Å². The zero-order chi connectivity index (χ0) is 4.24. The molecule has 0 aromatic rings. The van der Waals surface area contributed by atoms with Gasteiger partial charge in [0.25, 0.3) is 0 Å². The van der Waals surface area contributed by atoms with Gasteiger partial charge in [0.2, 0.25) is 0 Å². The van der Waals surface area contributed by atoms with Gasteiger partial charge in [0.15, 0.2) is 0 Å². The maximum absolute atomic E-state index is 2.31. The standard InChI is InChI=1S/C5H6Te/c1-2-4-6-5-3-1/h2-5H,1H2. The molecule has 6 heavy (non-hydrogen) atoms. The summed E-state index contributed by atoms with van der Waals surface area (Å²) in [6, 6.07) is 0. The van der Waals surface area contributed by atoms with Crippen LogP contribution in [0.1, 0.15) is 6.42 Å². The molecule has 0 amide bonds. The first kappa shape index (κ1) is 4.43. The van der Waals surface area contributed by atoms with Crippen LogP contribution in [0.2, 0.25) is 0 Å². The summed E-state index contributed by atoms with van der Waals surface area (Å²) in [5, 5.41) is 0. The predicted octanol–water partition coefficient (Wildman–Crippen LogP) is 1.12. The van der Waals surface area contributed by atoms with Crippen LogP contribution in [0.5, 0.6) is 0 Å². The van der Waals surface area contributed by atoms with Gasteiger partial charge in [-0.2, -0.15) is 0 Å². The van der Waals surface area contributed by atoms with Crippen LogP contribution in [0.15, 0.2) is 20.4 Å². The van der Waals surface area contributed by atoms with Gasteiger partial charge < -0.3 is 0 Å². The fraction of sp³-hybridized carbons (Fsp3) is 0.200. The van der Waals surface area contributed by atoms with E-state index in [1.807, 2.05) is 0 Å². The van der Waals surface area contributed by atoms with E-state index in [0.717, 1.165) is 0 Å². The number of hydrogen-bond donors (Lipinski definition) is 0. The van der Waals surface area contributed by atoms with Crippen molar-refractivity contribution in [2.24, 2.45) is 0 Å². The minimum atomic E-state index is 0.211. The molecule has 0 nitrogen and oxygen atoms in total. The van der Waals surface area contributed by atoms with Gasteiger partial charge in [-0.25, -0.2) is 0 Å². The van der Waals surface area contributed by atoms with Gasteiger partial charge >= 0.3 is 47.7 Å². The van der Waals surface area contributed by atoms with Crippen molar-refractivity contribution < 1.29 is 0 Å². The summed E-state index contributed by atoms with van der Waals surface area (Å²) < 4.78 is 4.62. The van der Waals surface area contributed by atoms with E-state index in [0.29, 0.717) is 0 Å². The van der Waals surface area contributed by atoms with E-state index >= 15 is 0 Å². The van der Waals surface area contributed by atoms with Gasteiger partial charge in [0.05, 0.1) is 0 Å². The molecule has 1 rings (SSSR count). The van der Waals surface area contributed by atoms with Crippen LogP contribution >= 0.6 is 0 Å². The molecule has 0 aliphatic carbocycles. The Labute approximate surface area is 48.0 Å². The van der Waals surface area contributed by atoms with Crippen LogP contribution in [0.4, 0.5) is 0 Å². The van der Waals surface area contributed by atoms with Gasteiger partial charge in [-0.05, 0) is 0 Å². The average molecular weight is 194 g/mol. The molecule has 0 saturated heterocycles. The van der Waals surface area contributed by atoms with Crippen molar-refractivity contribution in [3.05, 3.63) is 20.4 Å². The number of allylic oxidation sites excluding steroid dienone is 2. The number of hydrogen-bond acceptors (Lipinski definition) is 0. The van der Waals surface area contributed by atoms with E-state index in [1.165, 1.54) is 6.42 Å². The fourth-order valence-electron chi connectivity index (χ4n) is 0.346. The molecule has 0 unspecified atom stereocenters. The summed E-state index contributed by atoms with van der Waals surface area (Å²) in [5.74, 6) is 0. The zero-order valence-corrected chi connectivity index (χ0v) is 5.76. The van der Waals surface area contributed by atoms with Crippen LogP contribution in [0, 0.1) is 0 Å². The molecule has 1 heterocycles.